The van der Waals surface area contributed by atoms with E-state index in [2.05, 4.69) is 30.9 Å². The van der Waals surface area contributed by atoms with Gasteiger partial charge in [0.25, 0.3) is 0 Å². The van der Waals surface area contributed by atoms with Crippen molar-refractivity contribution in [3.8, 4) is 21.8 Å². The van der Waals surface area contributed by atoms with E-state index in [1.807, 2.05) is 23.2 Å². The number of hydrogen-bond donors (Lipinski definition) is 0. The van der Waals surface area contributed by atoms with Crippen molar-refractivity contribution in [3.63, 3.8) is 0 Å². The van der Waals surface area contributed by atoms with Gasteiger partial charge in [0.1, 0.15) is 16.6 Å². The molecule has 4 nitrogen and oxygen atoms in total. The molecule has 142 valence electrons. The molecule has 3 aromatic rings. The summed E-state index contributed by atoms with van der Waals surface area (Å²) in [6.45, 7) is 8.24. The summed E-state index contributed by atoms with van der Waals surface area (Å²) in [5, 5.41) is 7.40. The fraction of sp³-hybridized carbons (Fsp3) is 0.381. The zero-order chi connectivity index (χ0) is 19.6. The van der Waals surface area contributed by atoms with Crippen LogP contribution in [0.3, 0.4) is 0 Å². The van der Waals surface area contributed by atoms with Crippen LogP contribution in [0.4, 0.5) is 4.39 Å². The van der Waals surface area contributed by atoms with E-state index in [9.17, 15) is 9.18 Å². The lowest BCUT2D eigenvalue weighted by atomic mass is 10.00. The van der Waals surface area contributed by atoms with E-state index in [0.717, 1.165) is 33.9 Å². The van der Waals surface area contributed by atoms with Crippen molar-refractivity contribution in [1.29, 1.82) is 0 Å². The molecule has 0 bridgehead atoms. The molecule has 6 heteroatoms. The maximum absolute atomic E-state index is 13.4. The molecule has 2 heterocycles. The van der Waals surface area contributed by atoms with Gasteiger partial charge in [0.2, 0.25) is 0 Å². The molecule has 0 unspecified atom stereocenters. The average molecular weight is 386 g/mol. The highest BCUT2D eigenvalue weighted by Gasteiger charge is 2.26. The fourth-order valence-corrected chi connectivity index (χ4v) is 3.67. The Morgan fingerprint density at radius 2 is 1.93 bits per heavy atom. The van der Waals surface area contributed by atoms with Gasteiger partial charge in [0, 0.05) is 23.8 Å². The van der Waals surface area contributed by atoms with Crippen LogP contribution in [0, 0.1) is 5.82 Å². The minimum absolute atomic E-state index is 0.174. The van der Waals surface area contributed by atoms with Gasteiger partial charge in [-0.15, -0.1) is 11.3 Å². The lowest BCUT2D eigenvalue weighted by molar-refractivity contribution is -0.118. The molecular formula is C21H24FN3OS. The minimum atomic E-state index is -0.268. The number of nitrogens with zero attached hydrogens (tertiary/aromatic N) is 3. The van der Waals surface area contributed by atoms with Gasteiger partial charge in [0.05, 0.1) is 28.7 Å². The van der Waals surface area contributed by atoms with E-state index in [0.29, 0.717) is 12.8 Å². The highest BCUT2D eigenvalue weighted by atomic mass is 32.1. The van der Waals surface area contributed by atoms with Crippen molar-refractivity contribution in [2.24, 2.45) is 0 Å². The molecule has 0 atom stereocenters. The SMILES string of the molecule is CCC(=O)Cc1csc(-c2cnn(C(C)(C)CC)c2-c2ccc(F)cc2)n1. The molecule has 0 aliphatic heterocycles. The first-order chi connectivity index (χ1) is 12.9. The van der Waals surface area contributed by atoms with Gasteiger partial charge in [0.15, 0.2) is 0 Å². The monoisotopic (exact) mass is 385 g/mol. The van der Waals surface area contributed by atoms with Gasteiger partial charge in [-0.25, -0.2) is 9.37 Å². The molecule has 0 amide bonds. The average Bonchev–Trinajstić information content (AvgIpc) is 3.29. The van der Waals surface area contributed by atoms with E-state index in [1.54, 1.807) is 12.1 Å². The highest BCUT2D eigenvalue weighted by Crippen LogP contribution is 2.37. The lowest BCUT2D eigenvalue weighted by Gasteiger charge is -2.26. The number of halogens is 1. The third kappa shape index (κ3) is 4.00. The summed E-state index contributed by atoms with van der Waals surface area (Å²) in [5.74, 6) is -0.0934. The number of hydrogen-bond acceptors (Lipinski definition) is 4. The van der Waals surface area contributed by atoms with Crippen LogP contribution in [-0.4, -0.2) is 20.5 Å². The van der Waals surface area contributed by atoms with Crippen LogP contribution in [0.5, 0.6) is 0 Å². The third-order valence-corrected chi connectivity index (χ3v) is 5.80. The highest BCUT2D eigenvalue weighted by molar-refractivity contribution is 7.13. The zero-order valence-corrected chi connectivity index (χ0v) is 16.9. The van der Waals surface area contributed by atoms with Gasteiger partial charge < -0.3 is 0 Å². The Labute approximate surface area is 163 Å². The first-order valence-corrected chi connectivity index (χ1v) is 10.0. The van der Waals surface area contributed by atoms with E-state index >= 15 is 0 Å². The molecule has 1 aromatic carbocycles. The van der Waals surface area contributed by atoms with Crippen LogP contribution in [0.2, 0.25) is 0 Å². The second kappa shape index (κ2) is 7.72. The first kappa shape index (κ1) is 19.4. The molecule has 0 aliphatic rings. The Kier molecular flexibility index (Phi) is 5.56. The van der Waals surface area contributed by atoms with Crippen LogP contribution in [0.15, 0.2) is 35.8 Å². The summed E-state index contributed by atoms with van der Waals surface area (Å²) in [5.41, 5.74) is 3.31. The molecule has 0 N–H and O–H groups in total. The number of benzene rings is 1. The first-order valence-electron chi connectivity index (χ1n) is 9.16. The van der Waals surface area contributed by atoms with Crippen LogP contribution >= 0.6 is 11.3 Å². The Balaban J connectivity index is 2.11. The molecule has 3 rings (SSSR count). The van der Waals surface area contributed by atoms with Gasteiger partial charge in [-0.1, -0.05) is 13.8 Å². The topological polar surface area (TPSA) is 47.8 Å². The van der Waals surface area contributed by atoms with Crippen LogP contribution < -0.4 is 0 Å². The maximum atomic E-state index is 13.4. The molecule has 0 radical (unpaired) electrons. The van der Waals surface area contributed by atoms with E-state index < -0.39 is 0 Å². The lowest BCUT2D eigenvalue weighted by Crippen LogP contribution is -2.27. The second-order valence-electron chi connectivity index (χ2n) is 7.20. The quantitative estimate of drug-likeness (QED) is 0.541. The minimum Gasteiger partial charge on any atom is -0.299 e. The van der Waals surface area contributed by atoms with Crippen LogP contribution in [-0.2, 0) is 16.8 Å². The summed E-state index contributed by atoms with van der Waals surface area (Å²) in [7, 11) is 0. The van der Waals surface area contributed by atoms with Gasteiger partial charge in [-0.3, -0.25) is 9.48 Å². The fourth-order valence-electron chi connectivity index (χ4n) is 2.84. The van der Waals surface area contributed by atoms with E-state index in [-0.39, 0.29) is 17.1 Å². The van der Waals surface area contributed by atoms with Crippen LogP contribution in [0.1, 0.15) is 46.2 Å². The molecule has 0 spiro atoms. The zero-order valence-electron chi connectivity index (χ0n) is 16.1. The maximum Gasteiger partial charge on any atom is 0.138 e. The van der Waals surface area contributed by atoms with Gasteiger partial charge in [-0.05, 0) is 44.5 Å². The Hall–Kier alpha value is -2.34. The van der Waals surface area contributed by atoms with Crippen molar-refractivity contribution in [1.82, 2.24) is 14.8 Å². The standard InChI is InChI=1S/C21H24FN3OS/c1-5-17(26)11-16-13-27-20(24-16)18-12-23-25(21(3,4)6-2)19(18)14-7-9-15(22)10-8-14/h7-10,12-13H,5-6,11H2,1-4H3. The largest absolute Gasteiger partial charge is 0.299 e. The molecular weight excluding hydrogens is 361 g/mol. The van der Waals surface area contributed by atoms with Gasteiger partial charge in [-0.2, -0.15) is 5.10 Å². The van der Waals surface area contributed by atoms with Gasteiger partial charge >= 0.3 is 0 Å². The summed E-state index contributed by atoms with van der Waals surface area (Å²) in [6, 6.07) is 6.46. The van der Waals surface area contributed by atoms with Crippen molar-refractivity contribution < 1.29 is 9.18 Å². The Bertz CT molecular complexity index is 941. The summed E-state index contributed by atoms with van der Waals surface area (Å²) < 4.78 is 15.4. The smallest absolute Gasteiger partial charge is 0.138 e. The second-order valence-corrected chi connectivity index (χ2v) is 8.06. The number of carbonyl (C=O) groups excluding carboxylic acids is 1. The number of ketones is 1. The predicted molar refractivity (Wildman–Crippen MR) is 107 cm³/mol. The number of rotatable bonds is 7. The normalized spacial score (nSPS) is 11.7. The Morgan fingerprint density at radius 3 is 2.56 bits per heavy atom. The number of thiazole rings is 1. The van der Waals surface area contributed by atoms with Crippen molar-refractivity contribution in [2.45, 2.75) is 52.5 Å². The number of Topliss-reactive ketones (excluding diaryl/α,β-unsaturated/α-hetero) is 1. The molecule has 0 saturated carbocycles. The molecule has 27 heavy (non-hydrogen) atoms. The summed E-state index contributed by atoms with van der Waals surface area (Å²) in [4.78, 5) is 16.4. The van der Waals surface area contributed by atoms with Crippen LogP contribution in [0.25, 0.3) is 21.8 Å². The molecule has 0 fully saturated rings. The third-order valence-electron chi connectivity index (χ3n) is 4.88. The summed E-state index contributed by atoms with van der Waals surface area (Å²) in [6.07, 6.45) is 3.58. The summed E-state index contributed by atoms with van der Waals surface area (Å²) >= 11 is 1.51. The Morgan fingerprint density at radius 1 is 1.22 bits per heavy atom. The van der Waals surface area contributed by atoms with E-state index in [4.69, 9.17) is 0 Å². The predicted octanol–water partition coefficient (Wildman–Crippen LogP) is 5.48. The molecule has 0 saturated heterocycles. The van der Waals surface area contributed by atoms with Crippen molar-refractivity contribution in [2.75, 3.05) is 0 Å². The number of aromatic nitrogens is 3. The number of carbonyl (C=O) groups is 1. The van der Waals surface area contributed by atoms with Crippen molar-refractivity contribution in [3.05, 3.63) is 47.4 Å². The molecule has 2 aromatic heterocycles. The van der Waals surface area contributed by atoms with Crippen molar-refractivity contribution >= 4 is 17.1 Å². The molecule has 0 aliphatic carbocycles. The van der Waals surface area contributed by atoms with E-state index in [1.165, 1.54) is 23.5 Å².